The first-order chi connectivity index (χ1) is 9.83. The lowest BCUT2D eigenvalue weighted by Gasteiger charge is -1.96. The molecular weight excluding hydrogens is 248 g/mol. The number of allylic oxidation sites excluding steroid dienone is 2. The Morgan fingerprint density at radius 2 is 1.80 bits per heavy atom. The highest BCUT2D eigenvalue weighted by molar-refractivity contribution is 6.15. The van der Waals surface area contributed by atoms with E-state index in [1.165, 1.54) is 0 Å². The molecule has 0 atom stereocenters. The van der Waals surface area contributed by atoms with Crippen molar-refractivity contribution in [2.24, 2.45) is 0 Å². The molecule has 0 amide bonds. The molecule has 1 saturated carbocycles. The second-order valence-corrected chi connectivity index (χ2v) is 4.71. The maximum absolute atomic E-state index is 12.3. The lowest BCUT2D eigenvalue weighted by atomic mass is 10.1. The van der Waals surface area contributed by atoms with E-state index in [1.807, 2.05) is 42.5 Å². The van der Waals surface area contributed by atoms with Gasteiger partial charge in [-0.05, 0) is 48.8 Å². The highest BCUT2D eigenvalue weighted by Crippen LogP contribution is 2.28. The summed E-state index contributed by atoms with van der Waals surface area (Å²) in [5, 5.41) is 0. The van der Waals surface area contributed by atoms with Crippen molar-refractivity contribution in [2.45, 2.75) is 12.8 Å². The average Bonchev–Trinajstić information content (AvgIpc) is 2.83. The molecule has 0 bridgehead atoms. The molecule has 0 unspecified atom stereocenters. The van der Waals surface area contributed by atoms with Gasteiger partial charge in [-0.25, -0.2) is 0 Å². The van der Waals surface area contributed by atoms with E-state index in [2.05, 4.69) is 9.97 Å². The zero-order valence-electron chi connectivity index (χ0n) is 11.0. The highest BCUT2D eigenvalue weighted by atomic mass is 16.1. The van der Waals surface area contributed by atoms with Crippen molar-refractivity contribution in [2.75, 3.05) is 0 Å². The third-order valence-corrected chi connectivity index (χ3v) is 3.28. The van der Waals surface area contributed by atoms with Gasteiger partial charge in [0.2, 0.25) is 0 Å². The summed E-state index contributed by atoms with van der Waals surface area (Å²) in [5.74, 6) is 0.125. The Kier molecular flexibility index (Phi) is 3.50. The first kappa shape index (κ1) is 12.5. The molecule has 3 rings (SSSR count). The van der Waals surface area contributed by atoms with Gasteiger partial charge in [-0.3, -0.25) is 14.8 Å². The molecule has 2 aromatic heterocycles. The molecule has 0 saturated heterocycles. The molecule has 1 fully saturated rings. The van der Waals surface area contributed by atoms with Gasteiger partial charge in [0.25, 0.3) is 0 Å². The molecular formula is C17H14N2O. The summed E-state index contributed by atoms with van der Waals surface area (Å²) in [7, 11) is 0. The molecule has 20 heavy (non-hydrogen) atoms. The molecule has 0 N–H and O–H groups in total. The van der Waals surface area contributed by atoms with Gasteiger partial charge in [0.1, 0.15) is 0 Å². The van der Waals surface area contributed by atoms with Crippen molar-refractivity contribution in [1.82, 2.24) is 9.97 Å². The van der Waals surface area contributed by atoms with E-state index in [1.54, 1.807) is 18.6 Å². The lowest BCUT2D eigenvalue weighted by molar-refractivity contribution is -0.111. The van der Waals surface area contributed by atoms with Gasteiger partial charge in [0.05, 0.1) is 5.69 Å². The van der Waals surface area contributed by atoms with Crippen LogP contribution in [-0.4, -0.2) is 15.8 Å². The fourth-order valence-electron chi connectivity index (χ4n) is 2.28. The van der Waals surface area contributed by atoms with Crippen LogP contribution in [0.15, 0.2) is 60.1 Å². The molecule has 0 radical (unpaired) electrons. The minimum Gasteiger partial charge on any atom is -0.289 e. The molecule has 2 heterocycles. The zero-order valence-corrected chi connectivity index (χ0v) is 11.0. The smallest absolute Gasteiger partial charge is 0.185 e. The van der Waals surface area contributed by atoms with E-state index in [4.69, 9.17) is 0 Å². The SMILES string of the molecule is O=C1/C(=C/c2cccnc2)CC/C1=C\c1ccccn1. The Balaban J connectivity index is 1.85. The summed E-state index contributed by atoms with van der Waals surface area (Å²) >= 11 is 0. The Morgan fingerprint density at radius 3 is 2.50 bits per heavy atom. The Bertz CT molecular complexity index is 613. The fraction of sp³-hybridized carbons (Fsp3) is 0.118. The number of nitrogens with zero attached hydrogens (tertiary/aromatic N) is 2. The Labute approximate surface area is 117 Å². The van der Waals surface area contributed by atoms with Crippen LogP contribution in [0.1, 0.15) is 24.1 Å². The molecule has 0 spiro atoms. The average molecular weight is 262 g/mol. The van der Waals surface area contributed by atoms with Gasteiger partial charge in [0.15, 0.2) is 5.78 Å². The van der Waals surface area contributed by atoms with Gasteiger partial charge >= 0.3 is 0 Å². The molecule has 3 nitrogen and oxygen atoms in total. The van der Waals surface area contributed by atoms with E-state index in [0.717, 1.165) is 35.2 Å². The monoisotopic (exact) mass is 262 g/mol. The van der Waals surface area contributed by atoms with E-state index in [-0.39, 0.29) is 5.78 Å². The van der Waals surface area contributed by atoms with Crippen molar-refractivity contribution in [3.63, 3.8) is 0 Å². The van der Waals surface area contributed by atoms with Crippen molar-refractivity contribution in [1.29, 1.82) is 0 Å². The highest BCUT2D eigenvalue weighted by Gasteiger charge is 2.22. The predicted octanol–water partition coefficient (Wildman–Crippen LogP) is 3.31. The van der Waals surface area contributed by atoms with Crippen molar-refractivity contribution < 1.29 is 4.79 Å². The van der Waals surface area contributed by atoms with Gasteiger partial charge in [0, 0.05) is 29.7 Å². The molecule has 2 aromatic rings. The summed E-state index contributed by atoms with van der Waals surface area (Å²) in [5.41, 5.74) is 3.48. The van der Waals surface area contributed by atoms with E-state index in [0.29, 0.717) is 0 Å². The van der Waals surface area contributed by atoms with Crippen LogP contribution in [0.4, 0.5) is 0 Å². The van der Waals surface area contributed by atoms with Crippen molar-refractivity contribution >= 4 is 17.9 Å². The number of carbonyl (C=O) groups excluding carboxylic acids is 1. The van der Waals surface area contributed by atoms with E-state index < -0.39 is 0 Å². The van der Waals surface area contributed by atoms with Crippen LogP contribution >= 0.6 is 0 Å². The van der Waals surface area contributed by atoms with E-state index >= 15 is 0 Å². The van der Waals surface area contributed by atoms with Crippen molar-refractivity contribution in [3.8, 4) is 0 Å². The summed E-state index contributed by atoms with van der Waals surface area (Å²) in [6.45, 7) is 0. The number of aromatic nitrogens is 2. The molecule has 1 aliphatic rings. The van der Waals surface area contributed by atoms with Crippen LogP contribution < -0.4 is 0 Å². The minimum absolute atomic E-state index is 0.125. The number of pyridine rings is 2. The quantitative estimate of drug-likeness (QED) is 0.780. The first-order valence-electron chi connectivity index (χ1n) is 6.60. The zero-order chi connectivity index (χ0) is 13.8. The summed E-state index contributed by atoms with van der Waals surface area (Å²) in [4.78, 5) is 20.6. The standard InChI is InChI=1S/C17H14N2O/c20-17-14(10-13-4-3-8-18-12-13)6-7-15(17)11-16-5-1-2-9-19-16/h1-5,8-12H,6-7H2/b14-10+,15-11+. The second kappa shape index (κ2) is 5.61. The van der Waals surface area contributed by atoms with Gasteiger partial charge in [-0.15, -0.1) is 0 Å². The molecule has 0 aliphatic heterocycles. The predicted molar refractivity (Wildman–Crippen MR) is 78.7 cm³/mol. The lowest BCUT2D eigenvalue weighted by Crippen LogP contribution is -1.96. The van der Waals surface area contributed by atoms with Crippen LogP contribution in [0.3, 0.4) is 0 Å². The topological polar surface area (TPSA) is 42.9 Å². The number of hydrogen-bond acceptors (Lipinski definition) is 3. The normalized spacial score (nSPS) is 18.9. The number of rotatable bonds is 2. The van der Waals surface area contributed by atoms with Gasteiger partial charge in [-0.2, -0.15) is 0 Å². The number of Topliss-reactive ketones (excluding diaryl/α,β-unsaturated/α-hetero) is 1. The number of hydrogen-bond donors (Lipinski definition) is 0. The van der Waals surface area contributed by atoms with Crippen molar-refractivity contribution in [3.05, 3.63) is 71.3 Å². The summed E-state index contributed by atoms with van der Waals surface area (Å²) in [6.07, 6.45) is 10.6. The Morgan fingerprint density at radius 1 is 0.950 bits per heavy atom. The van der Waals surface area contributed by atoms with Crippen LogP contribution in [0.25, 0.3) is 12.2 Å². The molecule has 3 heteroatoms. The van der Waals surface area contributed by atoms with Crippen LogP contribution in [0.5, 0.6) is 0 Å². The maximum atomic E-state index is 12.3. The molecule has 0 aromatic carbocycles. The van der Waals surface area contributed by atoms with E-state index in [9.17, 15) is 4.79 Å². The third-order valence-electron chi connectivity index (χ3n) is 3.28. The van der Waals surface area contributed by atoms with Gasteiger partial charge in [-0.1, -0.05) is 12.1 Å². The largest absolute Gasteiger partial charge is 0.289 e. The minimum atomic E-state index is 0.125. The summed E-state index contributed by atoms with van der Waals surface area (Å²) < 4.78 is 0. The third kappa shape index (κ3) is 2.72. The Hall–Kier alpha value is -2.55. The second-order valence-electron chi connectivity index (χ2n) is 4.71. The number of ketones is 1. The van der Waals surface area contributed by atoms with Crippen LogP contribution in [0, 0.1) is 0 Å². The van der Waals surface area contributed by atoms with Crippen LogP contribution in [0.2, 0.25) is 0 Å². The maximum Gasteiger partial charge on any atom is 0.185 e. The fourth-order valence-corrected chi connectivity index (χ4v) is 2.28. The number of carbonyl (C=O) groups is 1. The van der Waals surface area contributed by atoms with Crippen LogP contribution in [-0.2, 0) is 4.79 Å². The first-order valence-corrected chi connectivity index (χ1v) is 6.60. The summed E-state index contributed by atoms with van der Waals surface area (Å²) in [6, 6.07) is 9.52. The van der Waals surface area contributed by atoms with Gasteiger partial charge < -0.3 is 0 Å². The molecule has 98 valence electrons. The molecule has 1 aliphatic carbocycles.